The van der Waals surface area contributed by atoms with Crippen molar-refractivity contribution in [3.8, 4) is 0 Å². The highest BCUT2D eigenvalue weighted by molar-refractivity contribution is 5.04. The fourth-order valence-corrected chi connectivity index (χ4v) is 3.75. The number of nitrogens with two attached hydrogens (primary N) is 1. The number of hydrogen-bond donors (Lipinski definition) is 2. The predicted octanol–water partition coefficient (Wildman–Crippen LogP) is 1.19. The fourth-order valence-electron chi connectivity index (χ4n) is 3.75. The molecule has 0 spiro atoms. The van der Waals surface area contributed by atoms with E-state index in [0.29, 0.717) is 18.1 Å². The van der Waals surface area contributed by atoms with E-state index in [2.05, 4.69) is 0 Å². The van der Waals surface area contributed by atoms with Crippen LogP contribution >= 0.6 is 0 Å². The first-order valence-corrected chi connectivity index (χ1v) is 6.30. The smallest absolute Gasteiger partial charge is 0.0626 e. The Balaban J connectivity index is 1.71. The average Bonchev–Trinajstić information content (AvgIpc) is 2.84. The van der Waals surface area contributed by atoms with E-state index in [1.54, 1.807) is 0 Å². The Labute approximate surface area is 91.0 Å². The molecule has 1 saturated carbocycles. The Bertz CT molecular complexity index is 248. The highest BCUT2D eigenvalue weighted by Gasteiger charge is 2.50. The van der Waals surface area contributed by atoms with Crippen molar-refractivity contribution < 1.29 is 9.84 Å². The van der Waals surface area contributed by atoms with Gasteiger partial charge in [-0.1, -0.05) is 0 Å². The second-order valence-electron chi connectivity index (χ2n) is 5.68. The molecule has 2 bridgehead atoms. The van der Waals surface area contributed by atoms with E-state index < -0.39 is 0 Å². The van der Waals surface area contributed by atoms with Crippen LogP contribution in [-0.2, 0) is 4.74 Å². The molecule has 1 aliphatic carbocycles. The third kappa shape index (κ3) is 1.61. The van der Waals surface area contributed by atoms with Crippen LogP contribution in [0.15, 0.2) is 0 Å². The van der Waals surface area contributed by atoms with Gasteiger partial charge in [-0.15, -0.1) is 0 Å². The van der Waals surface area contributed by atoms with Crippen molar-refractivity contribution >= 4 is 0 Å². The minimum atomic E-state index is -0.110. The Morgan fingerprint density at radius 1 is 1.13 bits per heavy atom. The molecule has 3 aliphatic rings. The summed E-state index contributed by atoms with van der Waals surface area (Å²) in [5, 5.41) is 9.53. The zero-order valence-electron chi connectivity index (χ0n) is 9.19. The van der Waals surface area contributed by atoms with Crippen molar-refractivity contribution in [2.45, 2.75) is 68.8 Å². The molecule has 15 heavy (non-hydrogen) atoms. The van der Waals surface area contributed by atoms with Gasteiger partial charge >= 0.3 is 0 Å². The Morgan fingerprint density at radius 3 is 2.40 bits per heavy atom. The lowest BCUT2D eigenvalue weighted by Gasteiger charge is -2.42. The molecule has 3 rings (SSSR count). The molecule has 0 aromatic heterocycles. The van der Waals surface area contributed by atoms with Gasteiger partial charge in [0.1, 0.15) is 0 Å². The van der Waals surface area contributed by atoms with Crippen LogP contribution in [0, 0.1) is 5.92 Å². The molecular weight excluding hydrogens is 190 g/mol. The fraction of sp³-hybridized carbons (Fsp3) is 1.00. The van der Waals surface area contributed by atoms with Crippen LogP contribution in [-0.4, -0.2) is 29.0 Å². The molecule has 3 atom stereocenters. The number of hydrogen-bond acceptors (Lipinski definition) is 3. The van der Waals surface area contributed by atoms with Crippen molar-refractivity contribution in [2.24, 2.45) is 11.7 Å². The second kappa shape index (κ2) is 3.44. The van der Waals surface area contributed by atoms with Gasteiger partial charge < -0.3 is 15.6 Å². The molecule has 3 heteroatoms. The van der Waals surface area contributed by atoms with E-state index in [4.69, 9.17) is 10.5 Å². The largest absolute Gasteiger partial charge is 0.393 e. The summed E-state index contributed by atoms with van der Waals surface area (Å²) in [4.78, 5) is 0. The molecule has 2 heterocycles. The molecule has 3 unspecified atom stereocenters. The van der Waals surface area contributed by atoms with Gasteiger partial charge in [-0.2, -0.15) is 0 Å². The van der Waals surface area contributed by atoms with Gasteiger partial charge in [-0.25, -0.2) is 0 Å². The highest BCUT2D eigenvalue weighted by Crippen LogP contribution is 2.47. The quantitative estimate of drug-likeness (QED) is 0.685. The molecule has 0 aromatic carbocycles. The summed E-state index contributed by atoms with van der Waals surface area (Å²) >= 11 is 0. The van der Waals surface area contributed by atoms with Crippen LogP contribution in [0.1, 0.15) is 44.9 Å². The monoisotopic (exact) mass is 211 g/mol. The summed E-state index contributed by atoms with van der Waals surface area (Å²) in [6.07, 6.45) is 8.13. The topological polar surface area (TPSA) is 55.5 Å². The minimum Gasteiger partial charge on any atom is -0.393 e. The summed E-state index contributed by atoms with van der Waals surface area (Å²) in [5.41, 5.74) is 6.48. The zero-order valence-corrected chi connectivity index (χ0v) is 9.19. The summed E-state index contributed by atoms with van der Waals surface area (Å²) in [5.74, 6) is 0.559. The van der Waals surface area contributed by atoms with Crippen LogP contribution < -0.4 is 5.73 Å². The number of rotatable bonds is 1. The van der Waals surface area contributed by atoms with Crippen LogP contribution in [0.3, 0.4) is 0 Å². The van der Waals surface area contributed by atoms with Crippen LogP contribution in [0.5, 0.6) is 0 Å². The first kappa shape index (κ1) is 10.1. The summed E-state index contributed by atoms with van der Waals surface area (Å²) in [6.45, 7) is 0. The normalized spacial score (nSPS) is 54.8. The lowest BCUT2D eigenvalue weighted by molar-refractivity contribution is 0.0398. The number of aliphatic hydroxyl groups excluding tert-OH is 1. The number of fused-ring (bicyclic) bond motifs is 2. The molecule has 0 aromatic rings. The third-order valence-corrected chi connectivity index (χ3v) is 4.73. The summed E-state index contributed by atoms with van der Waals surface area (Å²) in [6, 6.07) is 0. The highest BCUT2D eigenvalue weighted by atomic mass is 16.5. The molecule has 2 saturated heterocycles. The average molecular weight is 211 g/mol. The van der Waals surface area contributed by atoms with Gasteiger partial charge in [0.15, 0.2) is 0 Å². The SMILES string of the molecule is NC1(C2CC3CCC2O3)CCC(O)CC1. The lowest BCUT2D eigenvalue weighted by Crippen LogP contribution is -2.53. The van der Waals surface area contributed by atoms with Crippen LogP contribution in [0.4, 0.5) is 0 Å². The van der Waals surface area contributed by atoms with E-state index in [0.717, 1.165) is 32.1 Å². The first-order chi connectivity index (χ1) is 7.17. The molecular formula is C12H21NO2. The molecule has 0 radical (unpaired) electrons. The second-order valence-corrected chi connectivity index (χ2v) is 5.68. The molecule has 0 amide bonds. The van der Waals surface area contributed by atoms with Gasteiger partial charge in [0.2, 0.25) is 0 Å². The third-order valence-electron chi connectivity index (χ3n) is 4.73. The maximum atomic E-state index is 9.53. The molecule has 3 nitrogen and oxygen atoms in total. The number of ether oxygens (including phenoxy) is 1. The molecule has 3 fully saturated rings. The maximum absolute atomic E-state index is 9.53. The van der Waals surface area contributed by atoms with Crippen molar-refractivity contribution in [1.82, 2.24) is 0 Å². The van der Waals surface area contributed by atoms with Crippen molar-refractivity contribution in [1.29, 1.82) is 0 Å². The molecule has 3 N–H and O–H groups in total. The zero-order chi connectivity index (χ0) is 10.5. The van der Waals surface area contributed by atoms with Gasteiger partial charge in [0.05, 0.1) is 18.3 Å². The van der Waals surface area contributed by atoms with E-state index >= 15 is 0 Å². The predicted molar refractivity (Wildman–Crippen MR) is 57.4 cm³/mol. The molecule has 86 valence electrons. The summed E-state index contributed by atoms with van der Waals surface area (Å²) in [7, 11) is 0. The van der Waals surface area contributed by atoms with Gasteiger partial charge in [0.25, 0.3) is 0 Å². The van der Waals surface area contributed by atoms with E-state index in [-0.39, 0.29) is 11.6 Å². The van der Waals surface area contributed by atoms with Gasteiger partial charge in [0, 0.05) is 11.5 Å². The van der Waals surface area contributed by atoms with E-state index in [9.17, 15) is 5.11 Å². The van der Waals surface area contributed by atoms with E-state index in [1.165, 1.54) is 12.8 Å². The van der Waals surface area contributed by atoms with Crippen LogP contribution in [0.2, 0.25) is 0 Å². The summed E-state index contributed by atoms with van der Waals surface area (Å²) < 4.78 is 5.89. The van der Waals surface area contributed by atoms with Crippen molar-refractivity contribution in [2.75, 3.05) is 0 Å². The number of aliphatic hydroxyl groups is 1. The van der Waals surface area contributed by atoms with Gasteiger partial charge in [-0.05, 0) is 44.9 Å². The van der Waals surface area contributed by atoms with Crippen molar-refractivity contribution in [3.05, 3.63) is 0 Å². The molecule has 2 aliphatic heterocycles. The van der Waals surface area contributed by atoms with Crippen LogP contribution in [0.25, 0.3) is 0 Å². The Morgan fingerprint density at radius 2 is 1.87 bits per heavy atom. The Kier molecular flexibility index (Phi) is 2.31. The standard InChI is InChI=1S/C12H21NO2/c13-12(5-3-8(14)4-6-12)10-7-9-1-2-11(10)15-9/h8-11,14H,1-7,13H2. The van der Waals surface area contributed by atoms with Gasteiger partial charge in [-0.3, -0.25) is 0 Å². The maximum Gasteiger partial charge on any atom is 0.0626 e. The lowest BCUT2D eigenvalue weighted by atomic mass is 9.67. The van der Waals surface area contributed by atoms with Crippen molar-refractivity contribution in [3.63, 3.8) is 0 Å². The Hall–Kier alpha value is -0.120. The van der Waals surface area contributed by atoms with E-state index in [1.807, 2.05) is 0 Å². The minimum absolute atomic E-state index is 0.0426. The first-order valence-electron chi connectivity index (χ1n) is 6.30.